The first-order valence-electron chi connectivity index (χ1n) is 7.59. The summed E-state index contributed by atoms with van der Waals surface area (Å²) in [5.74, 6) is 1.000. The molecule has 0 aliphatic carbocycles. The van der Waals surface area contributed by atoms with Gasteiger partial charge in [0, 0.05) is 26.2 Å². The smallest absolute Gasteiger partial charge is 0.150 e. The summed E-state index contributed by atoms with van der Waals surface area (Å²) in [5, 5.41) is 9.08. The van der Waals surface area contributed by atoms with Crippen LogP contribution in [0.1, 0.15) is 12.1 Å². The SMILES string of the molecule is Cc1nc2ccccc2nc1N1CCCN(CCO)CC1. The molecule has 0 saturated carbocycles. The maximum absolute atomic E-state index is 9.08. The zero-order valence-electron chi connectivity index (χ0n) is 12.5. The van der Waals surface area contributed by atoms with Crippen LogP contribution in [0.2, 0.25) is 0 Å². The highest BCUT2D eigenvalue weighted by atomic mass is 16.3. The Hall–Kier alpha value is -1.72. The van der Waals surface area contributed by atoms with Crippen molar-refractivity contribution in [2.75, 3.05) is 44.2 Å². The van der Waals surface area contributed by atoms with Crippen molar-refractivity contribution in [1.29, 1.82) is 0 Å². The van der Waals surface area contributed by atoms with E-state index < -0.39 is 0 Å². The van der Waals surface area contributed by atoms with Gasteiger partial charge in [-0.15, -0.1) is 0 Å². The minimum Gasteiger partial charge on any atom is -0.395 e. The van der Waals surface area contributed by atoms with Crippen molar-refractivity contribution in [2.45, 2.75) is 13.3 Å². The summed E-state index contributed by atoms with van der Waals surface area (Å²) in [5.41, 5.74) is 2.90. The number of para-hydroxylation sites is 2. The Bertz CT molecular complexity index is 616. The van der Waals surface area contributed by atoms with Crippen LogP contribution in [0.3, 0.4) is 0 Å². The molecule has 5 nitrogen and oxygen atoms in total. The quantitative estimate of drug-likeness (QED) is 0.925. The third-order valence-corrected chi connectivity index (χ3v) is 4.02. The lowest BCUT2D eigenvalue weighted by molar-refractivity contribution is 0.204. The van der Waals surface area contributed by atoms with Gasteiger partial charge < -0.3 is 10.0 Å². The second kappa shape index (κ2) is 6.37. The van der Waals surface area contributed by atoms with Gasteiger partial charge in [0.2, 0.25) is 0 Å². The van der Waals surface area contributed by atoms with Gasteiger partial charge in [-0.1, -0.05) is 12.1 Å². The summed E-state index contributed by atoms with van der Waals surface area (Å²) in [4.78, 5) is 14.1. The number of aliphatic hydroxyl groups is 1. The molecule has 0 radical (unpaired) electrons. The molecule has 1 aromatic heterocycles. The van der Waals surface area contributed by atoms with E-state index in [1.165, 1.54) is 0 Å². The van der Waals surface area contributed by atoms with Gasteiger partial charge in [0.25, 0.3) is 0 Å². The molecule has 1 aliphatic rings. The molecule has 0 bridgehead atoms. The number of benzene rings is 1. The Morgan fingerprint density at radius 2 is 1.81 bits per heavy atom. The number of hydrogen-bond acceptors (Lipinski definition) is 5. The summed E-state index contributed by atoms with van der Waals surface area (Å²) >= 11 is 0. The fourth-order valence-electron chi connectivity index (χ4n) is 2.93. The van der Waals surface area contributed by atoms with Crippen LogP contribution in [-0.2, 0) is 0 Å². The van der Waals surface area contributed by atoms with Gasteiger partial charge in [-0.25, -0.2) is 9.97 Å². The van der Waals surface area contributed by atoms with E-state index in [0.717, 1.165) is 61.7 Å². The van der Waals surface area contributed by atoms with E-state index in [4.69, 9.17) is 10.1 Å². The van der Waals surface area contributed by atoms with Crippen LogP contribution in [0.25, 0.3) is 11.0 Å². The van der Waals surface area contributed by atoms with Crippen molar-refractivity contribution >= 4 is 16.9 Å². The van der Waals surface area contributed by atoms with Crippen LogP contribution >= 0.6 is 0 Å². The Morgan fingerprint density at radius 3 is 2.57 bits per heavy atom. The van der Waals surface area contributed by atoms with Crippen molar-refractivity contribution in [3.8, 4) is 0 Å². The summed E-state index contributed by atoms with van der Waals surface area (Å²) in [6.07, 6.45) is 1.09. The molecular weight excluding hydrogens is 264 g/mol. The molecular formula is C16H22N4O. The highest BCUT2D eigenvalue weighted by Gasteiger charge is 2.18. The topological polar surface area (TPSA) is 52.5 Å². The van der Waals surface area contributed by atoms with Gasteiger partial charge >= 0.3 is 0 Å². The van der Waals surface area contributed by atoms with Gasteiger partial charge in [0.15, 0.2) is 5.82 Å². The van der Waals surface area contributed by atoms with Crippen LogP contribution in [0.15, 0.2) is 24.3 Å². The maximum Gasteiger partial charge on any atom is 0.150 e. The van der Waals surface area contributed by atoms with Crippen LogP contribution < -0.4 is 4.90 Å². The molecule has 0 spiro atoms. The average molecular weight is 286 g/mol. The third kappa shape index (κ3) is 3.14. The van der Waals surface area contributed by atoms with Crippen molar-refractivity contribution in [3.05, 3.63) is 30.0 Å². The van der Waals surface area contributed by atoms with Crippen LogP contribution in [0.5, 0.6) is 0 Å². The van der Waals surface area contributed by atoms with Crippen molar-refractivity contribution in [1.82, 2.24) is 14.9 Å². The number of aromatic nitrogens is 2. The number of β-amino-alcohol motifs (C(OH)–C–C–N with tert-alkyl or cyclic N) is 1. The van der Waals surface area contributed by atoms with Gasteiger partial charge in [-0.3, -0.25) is 4.90 Å². The van der Waals surface area contributed by atoms with E-state index in [2.05, 4.69) is 14.8 Å². The Kier molecular flexibility index (Phi) is 4.31. The first-order valence-corrected chi connectivity index (χ1v) is 7.59. The summed E-state index contributed by atoms with van der Waals surface area (Å²) < 4.78 is 0. The lowest BCUT2D eigenvalue weighted by Crippen LogP contribution is -2.33. The molecule has 5 heteroatoms. The lowest BCUT2D eigenvalue weighted by atomic mass is 10.2. The van der Waals surface area contributed by atoms with E-state index in [-0.39, 0.29) is 6.61 Å². The number of aryl methyl sites for hydroxylation is 1. The second-order valence-electron chi connectivity index (χ2n) is 5.53. The largest absolute Gasteiger partial charge is 0.395 e. The van der Waals surface area contributed by atoms with E-state index in [0.29, 0.717) is 0 Å². The number of hydrogen-bond donors (Lipinski definition) is 1. The maximum atomic E-state index is 9.08. The van der Waals surface area contributed by atoms with E-state index >= 15 is 0 Å². The predicted molar refractivity (Wildman–Crippen MR) is 84.6 cm³/mol. The zero-order valence-corrected chi connectivity index (χ0v) is 12.5. The molecule has 0 unspecified atom stereocenters. The highest BCUT2D eigenvalue weighted by molar-refractivity contribution is 5.76. The summed E-state index contributed by atoms with van der Waals surface area (Å²) in [6.45, 7) is 6.96. The Morgan fingerprint density at radius 1 is 1.05 bits per heavy atom. The molecule has 0 amide bonds. The minimum atomic E-state index is 0.231. The molecule has 1 N–H and O–H groups in total. The molecule has 1 fully saturated rings. The summed E-state index contributed by atoms with van der Waals surface area (Å²) in [7, 11) is 0. The molecule has 21 heavy (non-hydrogen) atoms. The monoisotopic (exact) mass is 286 g/mol. The Balaban J connectivity index is 1.84. The number of rotatable bonds is 3. The molecule has 1 aliphatic heterocycles. The lowest BCUT2D eigenvalue weighted by Gasteiger charge is -2.23. The van der Waals surface area contributed by atoms with Crippen LogP contribution in [0.4, 0.5) is 5.82 Å². The van der Waals surface area contributed by atoms with E-state index in [1.807, 2.05) is 31.2 Å². The normalized spacial score (nSPS) is 17.1. The molecule has 2 heterocycles. The molecule has 1 aromatic carbocycles. The van der Waals surface area contributed by atoms with Crippen molar-refractivity contribution < 1.29 is 5.11 Å². The molecule has 3 rings (SSSR count). The molecule has 0 atom stereocenters. The van der Waals surface area contributed by atoms with Crippen LogP contribution in [-0.4, -0.2) is 59.3 Å². The zero-order chi connectivity index (χ0) is 14.7. The molecule has 1 saturated heterocycles. The number of nitrogens with zero attached hydrogens (tertiary/aromatic N) is 4. The minimum absolute atomic E-state index is 0.231. The summed E-state index contributed by atoms with van der Waals surface area (Å²) in [6, 6.07) is 8.02. The fraction of sp³-hybridized carbons (Fsp3) is 0.500. The highest BCUT2D eigenvalue weighted by Crippen LogP contribution is 2.21. The average Bonchev–Trinajstić information content (AvgIpc) is 2.73. The van der Waals surface area contributed by atoms with Crippen LogP contribution in [0, 0.1) is 6.92 Å². The van der Waals surface area contributed by atoms with Gasteiger partial charge in [0.05, 0.1) is 23.3 Å². The second-order valence-corrected chi connectivity index (χ2v) is 5.53. The molecule has 112 valence electrons. The van der Waals surface area contributed by atoms with Gasteiger partial charge in [0.1, 0.15) is 0 Å². The fourth-order valence-corrected chi connectivity index (χ4v) is 2.93. The predicted octanol–water partition coefficient (Wildman–Crippen LogP) is 1.44. The number of aliphatic hydroxyl groups excluding tert-OH is 1. The standard InChI is InChI=1S/C16H22N4O/c1-13-16(18-15-6-3-2-5-14(15)17-13)20-8-4-7-19(9-10-20)11-12-21/h2-3,5-6,21H,4,7-12H2,1H3. The van der Waals surface area contributed by atoms with Gasteiger partial charge in [-0.2, -0.15) is 0 Å². The number of anilines is 1. The van der Waals surface area contributed by atoms with Crippen molar-refractivity contribution in [3.63, 3.8) is 0 Å². The van der Waals surface area contributed by atoms with Gasteiger partial charge in [-0.05, 0) is 32.0 Å². The molecule has 2 aromatic rings. The Labute approximate surface area is 125 Å². The first-order chi connectivity index (χ1) is 10.3. The first kappa shape index (κ1) is 14.2. The van der Waals surface area contributed by atoms with E-state index in [9.17, 15) is 0 Å². The third-order valence-electron chi connectivity index (χ3n) is 4.02. The van der Waals surface area contributed by atoms with Crippen molar-refractivity contribution in [2.24, 2.45) is 0 Å². The number of fused-ring (bicyclic) bond motifs is 1. The van der Waals surface area contributed by atoms with E-state index in [1.54, 1.807) is 0 Å².